The second kappa shape index (κ2) is 9.46. The van der Waals surface area contributed by atoms with Crippen LogP contribution in [0.25, 0.3) is 11.1 Å². The van der Waals surface area contributed by atoms with Crippen LogP contribution in [0.4, 0.5) is 0 Å². The lowest BCUT2D eigenvalue weighted by Gasteiger charge is -2.46. The number of aryl methyl sites for hydroxylation is 1. The molecule has 5 rings (SSSR count). The number of amides is 2. The van der Waals surface area contributed by atoms with Crippen LogP contribution in [0.1, 0.15) is 53.1 Å². The average Bonchev–Trinajstić information content (AvgIpc) is 3.19. The highest BCUT2D eigenvalue weighted by Crippen LogP contribution is 2.36. The predicted octanol–water partition coefficient (Wildman–Crippen LogP) is 2.69. The average molecular weight is 463 g/mol. The first-order valence-corrected chi connectivity index (χ1v) is 12.0. The molecule has 2 aliphatic rings. The number of aromatic amines is 1. The Balaban J connectivity index is 1.03. The van der Waals surface area contributed by atoms with E-state index in [1.165, 1.54) is 5.56 Å². The number of rotatable bonds is 6. The van der Waals surface area contributed by atoms with Crippen molar-refractivity contribution in [2.45, 2.75) is 50.6 Å². The van der Waals surface area contributed by atoms with Gasteiger partial charge in [0.25, 0.3) is 5.91 Å². The molecule has 3 N–H and O–H groups in total. The van der Waals surface area contributed by atoms with Crippen LogP contribution in [0.2, 0.25) is 0 Å². The summed E-state index contributed by atoms with van der Waals surface area (Å²) in [6.07, 6.45) is 4.46. The van der Waals surface area contributed by atoms with Gasteiger partial charge in [-0.1, -0.05) is 23.8 Å². The Bertz CT molecular complexity index is 1250. The molecule has 2 fully saturated rings. The van der Waals surface area contributed by atoms with Gasteiger partial charge in [-0.3, -0.25) is 19.5 Å². The van der Waals surface area contributed by atoms with Gasteiger partial charge in [0.1, 0.15) is 0 Å². The Hall–Kier alpha value is -3.39. The highest BCUT2D eigenvalue weighted by atomic mass is 16.4. The van der Waals surface area contributed by atoms with Gasteiger partial charge in [0.15, 0.2) is 5.58 Å². The van der Waals surface area contributed by atoms with E-state index >= 15 is 0 Å². The lowest BCUT2D eigenvalue weighted by molar-refractivity contribution is -0.122. The van der Waals surface area contributed by atoms with Crippen molar-refractivity contribution in [3.05, 3.63) is 69.7 Å². The van der Waals surface area contributed by atoms with Crippen molar-refractivity contribution in [1.82, 2.24) is 20.5 Å². The van der Waals surface area contributed by atoms with E-state index in [1.807, 2.05) is 37.3 Å². The van der Waals surface area contributed by atoms with E-state index in [4.69, 9.17) is 4.42 Å². The molecule has 1 aliphatic heterocycles. The minimum absolute atomic E-state index is 0.0132. The van der Waals surface area contributed by atoms with E-state index in [0.717, 1.165) is 49.9 Å². The Kier molecular flexibility index (Phi) is 6.24. The van der Waals surface area contributed by atoms with E-state index in [0.29, 0.717) is 23.1 Å². The number of nitrogens with zero attached hydrogens (tertiary/aromatic N) is 1. The molecule has 0 spiro atoms. The zero-order valence-electron chi connectivity index (χ0n) is 19.3. The van der Waals surface area contributed by atoms with E-state index in [-0.39, 0.29) is 24.4 Å². The molecule has 34 heavy (non-hydrogen) atoms. The predicted molar refractivity (Wildman–Crippen MR) is 129 cm³/mol. The van der Waals surface area contributed by atoms with Gasteiger partial charge in [0.05, 0.1) is 18.1 Å². The molecule has 2 amide bonds. The summed E-state index contributed by atoms with van der Waals surface area (Å²) in [5.74, 6) is -0.303. The van der Waals surface area contributed by atoms with Crippen LogP contribution in [0.3, 0.4) is 0 Å². The normalized spacial score (nSPS) is 21.2. The molecular weight excluding hydrogens is 432 g/mol. The number of fused-ring (bicyclic) bond motifs is 1. The van der Waals surface area contributed by atoms with Crippen LogP contribution in [-0.2, 0) is 4.79 Å². The van der Waals surface area contributed by atoms with Gasteiger partial charge in [0.2, 0.25) is 5.91 Å². The van der Waals surface area contributed by atoms with Crippen molar-refractivity contribution in [3.8, 4) is 0 Å². The third-order valence-corrected chi connectivity index (χ3v) is 7.09. The number of H-pyrrole nitrogens is 1. The van der Waals surface area contributed by atoms with Crippen molar-refractivity contribution >= 4 is 22.9 Å². The fourth-order valence-electron chi connectivity index (χ4n) is 5.23. The quantitative estimate of drug-likeness (QED) is 0.522. The Morgan fingerprint density at radius 1 is 1.09 bits per heavy atom. The van der Waals surface area contributed by atoms with Crippen molar-refractivity contribution in [2.24, 2.45) is 0 Å². The molecule has 2 aromatic carbocycles. The van der Waals surface area contributed by atoms with Gasteiger partial charge < -0.3 is 15.1 Å². The molecule has 1 aliphatic carbocycles. The molecule has 8 nitrogen and oxygen atoms in total. The summed E-state index contributed by atoms with van der Waals surface area (Å²) in [5, 5.41) is 5.72. The lowest BCUT2D eigenvalue weighted by Crippen LogP contribution is -2.63. The van der Waals surface area contributed by atoms with Gasteiger partial charge in [-0.2, -0.15) is 0 Å². The standard InChI is InChI=1S/C26H30N4O4/c1-16-3-2-4-19(11-16)25(32)27-13-24(31)28-20-14-30(15-20)21-8-5-17(6-9-21)18-7-10-23-22(12-18)29-26(33)34-23/h2-4,7,10-12,17,20-21H,5-6,8-9,13-15H2,1H3,(H,27,32)(H,28,31)(H,29,33). The summed E-state index contributed by atoms with van der Waals surface area (Å²) in [7, 11) is 0. The number of oxazole rings is 1. The molecule has 3 aromatic rings. The van der Waals surface area contributed by atoms with Gasteiger partial charge in [-0.05, 0) is 68.4 Å². The molecule has 1 saturated heterocycles. The molecule has 1 aromatic heterocycles. The number of benzene rings is 2. The molecule has 0 unspecified atom stereocenters. The number of hydrogen-bond acceptors (Lipinski definition) is 5. The zero-order valence-corrected chi connectivity index (χ0v) is 19.3. The topological polar surface area (TPSA) is 107 Å². The summed E-state index contributed by atoms with van der Waals surface area (Å²) in [6, 6.07) is 14.0. The van der Waals surface area contributed by atoms with Gasteiger partial charge in [-0.25, -0.2) is 4.79 Å². The van der Waals surface area contributed by atoms with Crippen molar-refractivity contribution < 1.29 is 14.0 Å². The van der Waals surface area contributed by atoms with Crippen LogP contribution in [0.15, 0.2) is 51.7 Å². The van der Waals surface area contributed by atoms with Crippen molar-refractivity contribution in [3.63, 3.8) is 0 Å². The first kappa shape index (κ1) is 22.4. The summed E-state index contributed by atoms with van der Waals surface area (Å²) in [6.45, 7) is 3.63. The summed E-state index contributed by atoms with van der Waals surface area (Å²) >= 11 is 0. The van der Waals surface area contributed by atoms with Gasteiger partial charge in [0, 0.05) is 24.7 Å². The fourth-order valence-corrected chi connectivity index (χ4v) is 5.23. The highest BCUT2D eigenvalue weighted by molar-refractivity contribution is 5.96. The van der Waals surface area contributed by atoms with Gasteiger partial charge in [-0.15, -0.1) is 0 Å². The van der Waals surface area contributed by atoms with E-state index in [1.54, 1.807) is 6.07 Å². The van der Waals surface area contributed by atoms with Crippen LogP contribution >= 0.6 is 0 Å². The molecule has 8 heteroatoms. The van der Waals surface area contributed by atoms with E-state index in [2.05, 4.69) is 26.6 Å². The Morgan fingerprint density at radius 3 is 2.65 bits per heavy atom. The Labute approximate surface area is 197 Å². The minimum atomic E-state index is -0.413. The summed E-state index contributed by atoms with van der Waals surface area (Å²) < 4.78 is 5.10. The van der Waals surface area contributed by atoms with Gasteiger partial charge >= 0.3 is 5.76 Å². The number of hydrogen-bond donors (Lipinski definition) is 3. The Morgan fingerprint density at radius 2 is 1.88 bits per heavy atom. The number of nitrogens with one attached hydrogen (secondary N) is 3. The van der Waals surface area contributed by atoms with Crippen molar-refractivity contribution in [2.75, 3.05) is 19.6 Å². The molecule has 2 heterocycles. The first-order chi connectivity index (χ1) is 16.4. The number of aromatic nitrogens is 1. The zero-order chi connectivity index (χ0) is 23.7. The van der Waals surface area contributed by atoms with Crippen LogP contribution < -0.4 is 16.4 Å². The molecular formula is C26H30N4O4. The number of carbonyl (C=O) groups is 2. The maximum absolute atomic E-state index is 12.3. The third-order valence-electron chi connectivity index (χ3n) is 7.09. The fraction of sp³-hybridized carbons (Fsp3) is 0.423. The molecule has 178 valence electrons. The molecule has 0 atom stereocenters. The number of carbonyl (C=O) groups excluding carboxylic acids is 2. The maximum Gasteiger partial charge on any atom is 0.417 e. The molecule has 0 radical (unpaired) electrons. The van der Waals surface area contributed by atoms with Crippen molar-refractivity contribution in [1.29, 1.82) is 0 Å². The molecule has 1 saturated carbocycles. The van der Waals surface area contributed by atoms with Crippen LogP contribution in [-0.4, -0.2) is 53.4 Å². The smallest absolute Gasteiger partial charge is 0.408 e. The van der Waals surface area contributed by atoms with E-state index in [9.17, 15) is 14.4 Å². The SMILES string of the molecule is Cc1cccc(C(=O)NCC(=O)NC2CN(C3CCC(c4ccc5oc(=O)[nH]c5c4)CC3)C2)c1. The summed E-state index contributed by atoms with van der Waals surface area (Å²) in [5.41, 5.74) is 4.20. The highest BCUT2D eigenvalue weighted by Gasteiger charge is 2.35. The largest absolute Gasteiger partial charge is 0.417 e. The second-order valence-electron chi connectivity index (χ2n) is 9.55. The van der Waals surface area contributed by atoms with Crippen LogP contribution in [0, 0.1) is 6.92 Å². The minimum Gasteiger partial charge on any atom is -0.408 e. The first-order valence-electron chi connectivity index (χ1n) is 12.0. The number of likely N-dealkylation sites (tertiary alicyclic amines) is 1. The van der Waals surface area contributed by atoms with E-state index < -0.39 is 5.76 Å². The summed E-state index contributed by atoms with van der Waals surface area (Å²) in [4.78, 5) is 41.0. The maximum atomic E-state index is 12.3. The third kappa shape index (κ3) is 4.92. The monoisotopic (exact) mass is 462 g/mol. The lowest BCUT2D eigenvalue weighted by atomic mass is 9.80. The second-order valence-corrected chi connectivity index (χ2v) is 9.55. The molecule has 0 bridgehead atoms. The van der Waals surface area contributed by atoms with Crippen LogP contribution in [0.5, 0.6) is 0 Å².